The standard InChI is InChI=1S/C29H26Cl3N3O4/c1-29(2,3)27(38)26-25(35(22(36)14-30)23(37)15-33-4)20-13-19(16-9-11-17(31)12-10-16)24(34-28(20)39-26)18-7-5-6-8-21(18)32/h5-13,33H,14-15H2,1-4H3. The Bertz CT molecular complexity index is 1570. The van der Waals surface area contributed by atoms with Gasteiger partial charge in [0.15, 0.2) is 5.76 Å². The quantitative estimate of drug-likeness (QED) is 0.185. The van der Waals surface area contributed by atoms with Gasteiger partial charge in [0.2, 0.25) is 23.3 Å². The number of amides is 2. The number of carbonyl (C=O) groups excluding carboxylic acids is 3. The van der Waals surface area contributed by atoms with Crippen LogP contribution < -0.4 is 10.2 Å². The number of nitrogens with zero attached hydrogens (tertiary/aromatic N) is 2. The summed E-state index contributed by atoms with van der Waals surface area (Å²) in [5.41, 5.74) is 1.67. The smallest absolute Gasteiger partial charge is 0.248 e. The third-order valence-corrected chi connectivity index (χ3v) is 6.80. The first-order chi connectivity index (χ1) is 18.5. The van der Waals surface area contributed by atoms with Crippen LogP contribution in [0.15, 0.2) is 59.0 Å². The number of nitrogens with one attached hydrogen (secondary N) is 1. The molecule has 0 aliphatic rings. The molecule has 2 aromatic carbocycles. The summed E-state index contributed by atoms with van der Waals surface area (Å²) in [6.07, 6.45) is 0. The molecule has 4 rings (SSSR count). The van der Waals surface area contributed by atoms with Crippen LogP contribution in [0.5, 0.6) is 0 Å². The van der Waals surface area contributed by atoms with E-state index < -0.39 is 28.9 Å². The van der Waals surface area contributed by atoms with Crippen molar-refractivity contribution in [3.8, 4) is 22.4 Å². The fourth-order valence-electron chi connectivity index (χ4n) is 4.11. The number of ketones is 1. The van der Waals surface area contributed by atoms with E-state index in [-0.39, 0.29) is 23.7 Å². The molecule has 0 aliphatic carbocycles. The van der Waals surface area contributed by atoms with Gasteiger partial charge in [-0.15, -0.1) is 11.6 Å². The van der Waals surface area contributed by atoms with Gasteiger partial charge in [-0.25, -0.2) is 9.88 Å². The fourth-order valence-corrected chi connectivity index (χ4v) is 4.59. The summed E-state index contributed by atoms with van der Waals surface area (Å²) < 4.78 is 6.07. The van der Waals surface area contributed by atoms with Gasteiger partial charge in [-0.3, -0.25) is 14.4 Å². The summed E-state index contributed by atoms with van der Waals surface area (Å²) in [5.74, 6) is -2.36. The lowest BCUT2D eigenvalue weighted by Gasteiger charge is -2.22. The van der Waals surface area contributed by atoms with Crippen molar-refractivity contribution in [3.63, 3.8) is 0 Å². The number of rotatable bonds is 7. The molecular formula is C29H26Cl3N3O4. The number of pyridine rings is 1. The Kier molecular flexibility index (Phi) is 8.47. The number of likely N-dealkylation sites (N-methyl/N-ethyl adjacent to an activating group) is 1. The number of hydrogen-bond acceptors (Lipinski definition) is 6. The lowest BCUT2D eigenvalue weighted by Crippen LogP contribution is -2.43. The van der Waals surface area contributed by atoms with Crippen molar-refractivity contribution < 1.29 is 18.8 Å². The van der Waals surface area contributed by atoms with Crippen LogP contribution in [0.4, 0.5) is 5.69 Å². The maximum absolute atomic E-state index is 13.6. The van der Waals surface area contributed by atoms with Gasteiger partial charge in [0.05, 0.1) is 17.6 Å². The largest absolute Gasteiger partial charge is 0.432 e. The van der Waals surface area contributed by atoms with E-state index in [1.807, 2.05) is 24.3 Å². The molecule has 0 atom stereocenters. The Labute approximate surface area is 241 Å². The van der Waals surface area contributed by atoms with E-state index >= 15 is 0 Å². The second-order valence-electron chi connectivity index (χ2n) is 9.87. The van der Waals surface area contributed by atoms with E-state index in [9.17, 15) is 14.4 Å². The van der Waals surface area contributed by atoms with E-state index in [0.29, 0.717) is 32.3 Å². The molecular weight excluding hydrogens is 561 g/mol. The minimum Gasteiger partial charge on any atom is -0.432 e. The van der Waals surface area contributed by atoms with Crippen molar-refractivity contribution >= 4 is 69.2 Å². The predicted octanol–water partition coefficient (Wildman–Crippen LogP) is 7.02. The van der Waals surface area contributed by atoms with Crippen molar-refractivity contribution in [1.29, 1.82) is 0 Å². The van der Waals surface area contributed by atoms with E-state index in [1.54, 1.807) is 58.2 Å². The predicted molar refractivity (Wildman–Crippen MR) is 156 cm³/mol. The molecule has 2 aromatic heterocycles. The van der Waals surface area contributed by atoms with Crippen LogP contribution >= 0.6 is 34.8 Å². The van der Waals surface area contributed by atoms with E-state index in [4.69, 9.17) is 44.2 Å². The molecule has 1 N–H and O–H groups in total. The Balaban J connectivity index is 2.15. The molecule has 39 heavy (non-hydrogen) atoms. The summed E-state index contributed by atoms with van der Waals surface area (Å²) >= 11 is 18.6. The van der Waals surface area contributed by atoms with Crippen LogP contribution in [-0.4, -0.2) is 42.1 Å². The molecule has 0 unspecified atom stereocenters. The van der Waals surface area contributed by atoms with Gasteiger partial charge in [0.25, 0.3) is 0 Å². The molecule has 2 amide bonds. The Morgan fingerprint density at radius 2 is 1.64 bits per heavy atom. The molecule has 202 valence electrons. The number of aromatic nitrogens is 1. The van der Waals surface area contributed by atoms with Gasteiger partial charge >= 0.3 is 0 Å². The van der Waals surface area contributed by atoms with E-state index in [0.717, 1.165) is 10.5 Å². The molecule has 2 heterocycles. The fraction of sp³-hybridized carbons (Fsp3) is 0.241. The molecule has 0 saturated carbocycles. The molecule has 7 nitrogen and oxygen atoms in total. The van der Waals surface area contributed by atoms with Gasteiger partial charge in [-0.2, -0.15) is 0 Å². The average Bonchev–Trinajstić information content (AvgIpc) is 3.25. The molecule has 4 aromatic rings. The molecule has 0 bridgehead atoms. The minimum absolute atomic E-state index is 0.00393. The van der Waals surface area contributed by atoms with Crippen molar-refractivity contribution in [2.75, 3.05) is 24.4 Å². The summed E-state index contributed by atoms with van der Waals surface area (Å²) in [5, 5.41) is 4.05. The van der Waals surface area contributed by atoms with Crippen LogP contribution in [0.3, 0.4) is 0 Å². The number of alkyl halides is 1. The Morgan fingerprint density at radius 1 is 0.974 bits per heavy atom. The molecule has 0 saturated heterocycles. The average molecular weight is 587 g/mol. The Morgan fingerprint density at radius 3 is 2.23 bits per heavy atom. The highest BCUT2D eigenvalue weighted by Crippen LogP contribution is 2.43. The van der Waals surface area contributed by atoms with Crippen LogP contribution in [0.2, 0.25) is 10.0 Å². The molecule has 0 spiro atoms. The summed E-state index contributed by atoms with van der Waals surface area (Å²) in [6, 6.07) is 16.1. The number of hydrogen-bond donors (Lipinski definition) is 1. The zero-order valence-electron chi connectivity index (χ0n) is 21.8. The van der Waals surface area contributed by atoms with E-state index in [2.05, 4.69) is 5.32 Å². The molecule has 0 radical (unpaired) electrons. The zero-order chi connectivity index (χ0) is 28.5. The van der Waals surface area contributed by atoms with Crippen molar-refractivity contribution in [3.05, 3.63) is 70.4 Å². The molecule has 10 heteroatoms. The normalized spacial score (nSPS) is 11.6. The number of halogens is 3. The van der Waals surface area contributed by atoms with Crippen LogP contribution in [0.25, 0.3) is 33.5 Å². The third-order valence-electron chi connectivity index (χ3n) is 5.99. The number of carbonyl (C=O) groups is 3. The number of fused-ring (bicyclic) bond motifs is 1. The van der Waals surface area contributed by atoms with Gasteiger partial charge in [-0.05, 0) is 36.9 Å². The van der Waals surface area contributed by atoms with Crippen LogP contribution in [-0.2, 0) is 9.59 Å². The first kappa shape index (κ1) is 28.8. The van der Waals surface area contributed by atoms with Gasteiger partial charge < -0.3 is 9.73 Å². The maximum Gasteiger partial charge on any atom is 0.248 e. The van der Waals surface area contributed by atoms with Crippen LogP contribution in [0.1, 0.15) is 31.3 Å². The maximum atomic E-state index is 13.6. The molecule has 0 fully saturated rings. The summed E-state index contributed by atoms with van der Waals surface area (Å²) in [4.78, 5) is 45.6. The number of anilines is 1. The van der Waals surface area contributed by atoms with Crippen LogP contribution in [0, 0.1) is 5.41 Å². The van der Waals surface area contributed by atoms with Crippen molar-refractivity contribution in [2.24, 2.45) is 5.41 Å². The topological polar surface area (TPSA) is 92.5 Å². The zero-order valence-corrected chi connectivity index (χ0v) is 24.0. The second-order valence-corrected chi connectivity index (χ2v) is 11.0. The molecule has 0 aliphatic heterocycles. The highest BCUT2D eigenvalue weighted by Gasteiger charge is 2.37. The van der Waals surface area contributed by atoms with Crippen molar-refractivity contribution in [2.45, 2.75) is 20.8 Å². The lowest BCUT2D eigenvalue weighted by atomic mass is 9.88. The first-order valence-electron chi connectivity index (χ1n) is 12.1. The number of furan rings is 1. The number of Topliss-reactive ketones (excluding diaryl/α,β-unsaturated/α-hetero) is 1. The SMILES string of the molecule is CNCC(=O)N(C(=O)CCl)c1c(C(=O)C(C)(C)C)oc2nc(-c3ccccc3Cl)c(-c3ccc(Cl)cc3)cc12. The summed E-state index contributed by atoms with van der Waals surface area (Å²) in [6.45, 7) is 4.99. The highest BCUT2D eigenvalue weighted by atomic mass is 35.5. The highest BCUT2D eigenvalue weighted by molar-refractivity contribution is 6.35. The third kappa shape index (κ3) is 5.72. The lowest BCUT2D eigenvalue weighted by molar-refractivity contribution is -0.124. The van der Waals surface area contributed by atoms with E-state index in [1.165, 1.54) is 0 Å². The Hall–Kier alpha value is -3.23. The summed E-state index contributed by atoms with van der Waals surface area (Å²) in [7, 11) is 1.58. The van der Waals surface area contributed by atoms with Gasteiger partial charge in [0, 0.05) is 26.6 Å². The van der Waals surface area contributed by atoms with Gasteiger partial charge in [0.1, 0.15) is 11.6 Å². The first-order valence-corrected chi connectivity index (χ1v) is 13.4. The number of benzene rings is 2. The number of imide groups is 1. The van der Waals surface area contributed by atoms with Crippen molar-refractivity contribution in [1.82, 2.24) is 10.3 Å². The second kappa shape index (κ2) is 11.5. The van der Waals surface area contributed by atoms with Gasteiger partial charge in [-0.1, -0.05) is 74.3 Å². The monoisotopic (exact) mass is 585 g/mol. The minimum atomic E-state index is -0.894.